The predicted octanol–water partition coefficient (Wildman–Crippen LogP) is 1.98. The lowest BCUT2D eigenvalue weighted by Gasteiger charge is -2.33. The Morgan fingerprint density at radius 3 is 2.65 bits per heavy atom. The van der Waals surface area contributed by atoms with Gasteiger partial charge in [0.15, 0.2) is 4.90 Å². The number of carbonyl (C=O) groups is 1. The molecule has 1 fully saturated rings. The molecule has 1 aromatic carbocycles. The summed E-state index contributed by atoms with van der Waals surface area (Å²) in [6.07, 6.45) is 0.365. The van der Waals surface area contributed by atoms with Gasteiger partial charge in [0, 0.05) is 24.2 Å². The van der Waals surface area contributed by atoms with Gasteiger partial charge in [0.1, 0.15) is 0 Å². The Bertz CT molecular complexity index is 751. The van der Waals surface area contributed by atoms with Crippen LogP contribution in [0.2, 0.25) is 5.02 Å². The number of hydrogen-bond donors (Lipinski definition) is 1. The molecule has 0 spiro atoms. The molecule has 1 N–H and O–H groups in total. The molecule has 0 saturated carbocycles. The van der Waals surface area contributed by atoms with Crippen LogP contribution >= 0.6 is 11.6 Å². The minimum absolute atomic E-state index is 0.0473. The summed E-state index contributed by atoms with van der Waals surface area (Å²) >= 11 is 5.69. The van der Waals surface area contributed by atoms with Crippen LogP contribution < -0.4 is 0 Å². The summed E-state index contributed by atoms with van der Waals surface area (Å²) in [4.78, 5) is 21.0. The van der Waals surface area contributed by atoms with Crippen LogP contribution in [0.25, 0.3) is 0 Å². The molecule has 1 saturated heterocycles. The van der Waals surface area contributed by atoms with E-state index in [0.717, 1.165) is 16.4 Å². The number of rotatable bonds is 4. The highest BCUT2D eigenvalue weighted by Gasteiger charge is 2.38. The highest BCUT2D eigenvalue weighted by molar-refractivity contribution is 7.89. The standard InChI is InChI=1S/C13H15ClN2O6S/c1-8-4-9(13(17)18)7-15(6-8)23(21,22)12-3-2-10(14)5-11(12)16(19)20/h2-3,5,8-9H,4,6-7H2,1H3,(H,17,18). The molecule has 23 heavy (non-hydrogen) atoms. The number of aliphatic carboxylic acids is 1. The molecule has 8 nitrogen and oxygen atoms in total. The Morgan fingerprint density at radius 1 is 1.43 bits per heavy atom. The molecule has 1 aliphatic heterocycles. The highest BCUT2D eigenvalue weighted by Crippen LogP contribution is 2.32. The fourth-order valence-corrected chi connectivity index (χ4v) is 4.58. The maximum absolute atomic E-state index is 12.7. The summed E-state index contributed by atoms with van der Waals surface area (Å²) < 4.78 is 26.4. The fraction of sp³-hybridized carbons (Fsp3) is 0.462. The summed E-state index contributed by atoms with van der Waals surface area (Å²) in [6, 6.07) is 3.30. The number of piperidine rings is 1. The number of carboxylic acid groups (broad SMARTS) is 1. The Kier molecular flexibility index (Phi) is 4.92. The van der Waals surface area contributed by atoms with Crippen LogP contribution in [0, 0.1) is 22.0 Å². The van der Waals surface area contributed by atoms with Gasteiger partial charge in [-0.3, -0.25) is 14.9 Å². The van der Waals surface area contributed by atoms with Crippen LogP contribution in [0.15, 0.2) is 23.1 Å². The van der Waals surface area contributed by atoms with Crippen molar-refractivity contribution in [3.8, 4) is 0 Å². The fourth-order valence-electron chi connectivity index (χ4n) is 2.67. The molecular weight excluding hydrogens is 348 g/mol. The zero-order valence-corrected chi connectivity index (χ0v) is 13.7. The van der Waals surface area contributed by atoms with Crippen LogP contribution in [0.3, 0.4) is 0 Å². The lowest BCUT2D eigenvalue weighted by molar-refractivity contribution is -0.387. The van der Waals surface area contributed by atoms with Gasteiger partial charge in [-0.1, -0.05) is 18.5 Å². The van der Waals surface area contributed by atoms with Crippen molar-refractivity contribution >= 4 is 33.3 Å². The molecule has 0 amide bonds. The minimum atomic E-state index is -4.18. The second kappa shape index (κ2) is 6.42. The van der Waals surface area contributed by atoms with Gasteiger partial charge >= 0.3 is 5.97 Å². The van der Waals surface area contributed by atoms with Crippen molar-refractivity contribution in [2.45, 2.75) is 18.2 Å². The molecule has 0 aromatic heterocycles. The van der Waals surface area contributed by atoms with Crippen LogP contribution in [0.4, 0.5) is 5.69 Å². The van der Waals surface area contributed by atoms with E-state index in [9.17, 15) is 23.3 Å². The third-order valence-corrected chi connectivity index (χ3v) is 5.83. The van der Waals surface area contributed by atoms with Crippen molar-refractivity contribution in [3.63, 3.8) is 0 Å². The normalized spacial score (nSPS) is 22.7. The number of nitro groups is 1. The molecule has 10 heteroatoms. The average Bonchev–Trinajstić information content (AvgIpc) is 2.46. The van der Waals surface area contributed by atoms with E-state index in [1.54, 1.807) is 6.92 Å². The number of sulfonamides is 1. The molecule has 2 unspecified atom stereocenters. The Morgan fingerprint density at radius 2 is 2.09 bits per heavy atom. The second-order valence-electron chi connectivity index (χ2n) is 5.57. The molecule has 2 rings (SSSR count). The smallest absolute Gasteiger partial charge is 0.307 e. The summed E-state index contributed by atoms with van der Waals surface area (Å²) in [5, 5.41) is 20.3. The van der Waals surface area contributed by atoms with Crippen molar-refractivity contribution in [2.24, 2.45) is 11.8 Å². The first-order chi connectivity index (χ1) is 10.6. The van der Waals surface area contributed by atoms with Gasteiger partial charge in [-0.25, -0.2) is 8.42 Å². The first-order valence-corrected chi connectivity index (χ1v) is 8.61. The van der Waals surface area contributed by atoms with Crippen LogP contribution in [-0.4, -0.2) is 41.8 Å². The van der Waals surface area contributed by atoms with Gasteiger partial charge in [0.05, 0.1) is 10.8 Å². The third-order valence-electron chi connectivity index (χ3n) is 3.71. The van der Waals surface area contributed by atoms with E-state index in [0.29, 0.717) is 6.42 Å². The van der Waals surface area contributed by atoms with Crippen LogP contribution in [-0.2, 0) is 14.8 Å². The number of nitro benzene ring substituents is 1. The minimum Gasteiger partial charge on any atom is -0.481 e. The van der Waals surface area contributed by atoms with E-state index in [1.165, 1.54) is 6.07 Å². The van der Waals surface area contributed by atoms with E-state index >= 15 is 0 Å². The molecule has 2 atom stereocenters. The van der Waals surface area contributed by atoms with Gasteiger partial charge in [0.25, 0.3) is 5.69 Å². The molecule has 1 aliphatic rings. The number of halogens is 1. The maximum Gasteiger partial charge on any atom is 0.307 e. The van der Waals surface area contributed by atoms with Crippen molar-refractivity contribution in [2.75, 3.05) is 13.1 Å². The quantitative estimate of drug-likeness (QED) is 0.646. The van der Waals surface area contributed by atoms with Crippen molar-refractivity contribution < 1.29 is 23.2 Å². The lowest BCUT2D eigenvalue weighted by Crippen LogP contribution is -2.45. The Labute approximate surface area is 137 Å². The van der Waals surface area contributed by atoms with E-state index in [4.69, 9.17) is 16.7 Å². The zero-order chi connectivity index (χ0) is 17.4. The number of carboxylic acids is 1. The molecule has 0 bridgehead atoms. The second-order valence-corrected chi connectivity index (χ2v) is 7.91. The Balaban J connectivity index is 2.46. The monoisotopic (exact) mass is 362 g/mol. The van der Waals surface area contributed by atoms with Gasteiger partial charge in [-0.15, -0.1) is 0 Å². The lowest BCUT2D eigenvalue weighted by atomic mass is 9.92. The molecule has 0 radical (unpaired) electrons. The van der Waals surface area contributed by atoms with E-state index < -0.39 is 37.4 Å². The summed E-state index contributed by atoms with van der Waals surface area (Å²) in [5.74, 6) is -2.08. The Hall–Kier alpha value is -1.71. The average molecular weight is 363 g/mol. The number of hydrogen-bond acceptors (Lipinski definition) is 5. The van der Waals surface area contributed by atoms with Crippen LogP contribution in [0.5, 0.6) is 0 Å². The molecular formula is C13H15ClN2O6S. The molecule has 0 aliphatic carbocycles. The van der Waals surface area contributed by atoms with Crippen molar-refractivity contribution in [1.82, 2.24) is 4.31 Å². The first kappa shape index (κ1) is 17.6. The van der Waals surface area contributed by atoms with Crippen LogP contribution in [0.1, 0.15) is 13.3 Å². The van der Waals surface area contributed by atoms with E-state index in [2.05, 4.69) is 0 Å². The van der Waals surface area contributed by atoms with E-state index in [-0.39, 0.29) is 24.0 Å². The summed E-state index contributed by atoms with van der Waals surface area (Å²) in [7, 11) is -4.18. The predicted molar refractivity (Wildman–Crippen MR) is 81.8 cm³/mol. The number of benzene rings is 1. The molecule has 1 heterocycles. The van der Waals surface area contributed by atoms with Crippen molar-refractivity contribution in [3.05, 3.63) is 33.3 Å². The van der Waals surface area contributed by atoms with E-state index in [1.807, 2.05) is 0 Å². The maximum atomic E-state index is 12.7. The SMILES string of the molecule is CC1CC(C(=O)O)CN(S(=O)(=O)c2ccc(Cl)cc2[N+](=O)[O-])C1. The topological polar surface area (TPSA) is 118 Å². The largest absolute Gasteiger partial charge is 0.481 e. The molecule has 126 valence electrons. The van der Waals surface area contributed by atoms with Gasteiger partial charge in [-0.05, 0) is 24.5 Å². The highest BCUT2D eigenvalue weighted by atomic mass is 35.5. The first-order valence-electron chi connectivity index (χ1n) is 6.80. The molecule has 1 aromatic rings. The third kappa shape index (κ3) is 3.62. The summed E-state index contributed by atoms with van der Waals surface area (Å²) in [6.45, 7) is 1.65. The van der Waals surface area contributed by atoms with Gasteiger partial charge < -0.3 is 5.11 Å². The van der Waals surface area contributed by atoms with Crippen molar-refractivity contribution in [1.29, 1.82) is 0 Å². The number of nitrogens with zero attached hydrogens (tertiary/aromatic N) is 2. The summed E-state index contributed by atoms with van der Waals surface area (Å²) in [5.41, 5.74) is -0.623. The zero-order valence-electron chi connectivity index (χ0n) is 12.2. The van der Waals surface area contributed by atoms with Gasteiger partial charge in [-0.2, -0.15) is 4.31 Å². The van der Waals surface area contributed by atoms with Gasteiger partial charge in [0.2, 0.25) is 10.0 Å².